The summed E-state index contributed by atoms with van der Waals surface area (Å²) in [6.45, 7) is 0.779. The number of hydrogen-bond donors (Lipinski definition) is 0. The molecule has 0 bridgehead atoms. The highest BCUT2D eigenvalue weighted by Gasteiger charge is 2.33. The van der Waals surface area contributed by atoms with Gasteiger partial charge in [-0.15, -0.1) is 5.10 Å². The van der Waals surface area contributed by atoms with Crippen molar-refractivity contribution in [3.8, 4) is 11.6 Å². The molecule has 2 aromatic heterocycles. The summed E-state index contributed by atoms with van der Waals surface area (Å²) in [6.07, 6.45) is 3.10. The highest BCUT2D eigenvalue weighted by Crippen LogP contribution is 2.37. The van der Waals surface area contributed by atoms with Crippen LogP contribution in [0.25, 0.3) is 5.69 Å². The van der Waals surface area contributed by atoms with Crippen molar-refractivity contribution in [2.75, 3.05) is 13.7 Å². The minimum absolute atomic E-state index is 0.00455. The highest BCUT2D eigenvalue weighted by molar-refractivity contribution is 5.92. The quantitative estimate of drug-likeness (QED) is 0.478. The Bertz CT molecular complexity index is 1350. The first kappa shape index (κ1) is 20.8. The third-order valence-electron chi connectivity index (χ3n) is 5.83. The number of carbonyl (C=O) groups is 1. The van der Waals surface area contributed by atoms with Gasteiger partial charge in [0.05, 0.1) is 19.5 Å². The summed E-state index contributed by atoms with van der Waals surface area (Å²) in [5.41, 5.74) is 3.05. The molecule has 0 fully saturated rings. The highest BCUT2D eigenvalue weighted by atomic mass is 19.1. The molecule has 1 aliphatic rings. The summed E-state index contributed by atoms with van der Waals surface area (Å²) >= 11 is 0. The van der Waals surface area contributed by atoms with Crippen LogP contribution in [-0.4, -0.2) is 49.2 Å². The van der Waals surface area contributed by atoms with Crippen LogP contribution in [0.1, 0.15) is 33.1 Å². The Morgan fingerprint density at radius 2 is 1.97 bits per heavy atom. The van der Waals surface area contributed by atoms with Gasteiger partial charge in [0.15, 0.2) is 11.5 Å². The molecule has 1 aliphatic heterocycles. The molecule has 0 saturated carbocycles. The van der Waals surface area contributed by atoms with E-state index in [1.54, 1.807) is 29.9 Å². The van der Waals surface area contributed by atoms with Gasteiger partial charge in [-0.05, 0) is 23.3 Å². The molecule has 2 aromatic carbocycles. The maximum absolute atomic E-state index is 14.1. The second-order valence-electron chi connectivity index (χ2n) is 7.81. The van der Waals surface area contributed by atoms with E-state index < -0.39 is 11.6 Å². The summed E-state index contributed by atoms with van der Waals surface area (Å²) in [5.74, 6) is -1.36. The fourth-order valence-electron chi connectivity index (χ4n) is 4.27. The minimum Gasteiger partial charge on any atom is -0.481 e. The molecule has 8 nitrogen and oxygen atoms in total. The molecule has 0 spiro atoms. The number of hydrogen-bond acceptors (Lipinski definition) is 5. The Balaban J connectivity index is 1.48. The predicted octanol–water partition coefficient (Wildman–Crippen LogP) is 3.08. The lowest BCUT2D eigenvalue weighted by Gasteiger charge is -2.34. The molecule has 0 saturated heterocycles. The van der Waals surface area contributed by atoms with Crippen LogP contribution in [-0.2, 0) is 13.6 Å². The third kappa shape index (κ3) is 3.63. The van der Waals surface area contributed by atoms with E-state index in [1.165, 1.54) is 12.3 Å². The first-order chi connectivity index (χ1) is 16.0. The Labute approximate surface area is 188 Å². The van der Waals surface area contributed by atoms with Crippen molar-refractivity contribution in [2.24, 2.45) is 7.05 Å². The standard InChI is InChI=1S/C23H20F2N6O2/c1-29-23(33-2)17(10-26-29)18-12-30(11-14-5-3-4-6-16(14)18)22(32)20-13-31(28-27-20)21-8-7-15(24)9-19(21)25/h3-10,13,18H,11-12H2,1-2H3. The van der Waals surface area contributed by atoms with Gasteiger partial charge in [0.2, 0.25) is 5.88 Å². The van der Waals surface area contributed by atoms with E-state index in [9.17, 15) is 13.6 Å². The lowest BCUT2D eigenvalue weighted by atomic mass is 9.85. The van der Waals surface area contributed by atoms with Crippen LogP contribution in [0, 0.1) is 11.6 Å². The average Bonchev–Trinajstić information content (AvgIpc) is 3.44. The van der Waals surface area contributed by atoms with Crippen molar-refractivity contribution < 1.29 is 18.3 Å². The Hall–Kier alpha value is -4.08. The fraction of sp³-hybridized carbons (Fsp3) is 0.217. The number of ether oxygens (including phenoxy) is 1. The number of amides is 1. The summed E-state index contributed by atoms with van der Waals surface area (Å²) in [5, 5.41) is 12.1. The van der Waals surface area contributed by atoms with E-state index in [1.807, 2.05) is 24.3 Å². The van der Waals surface area contributed by atoms with Gasteiger partial charge >= 0.3 is 0 Å². The van der Waals surface area contributed by atoms with Crippen LogP contribution < -0.4 is 4.74 Å². The van der Waals surface area contributed by atoms with Crippen LogP contribution in [0.15, 0.2) is 54.9 Å². The first-order valence-corrected chi connectivity index (χ1v) is 10.3. The van der Waals surface area contributed by atoms with E-state index in [2.05, 4.69) is 15.4 Å². The first-order valence-electron chi connectivity index (χ1n) is 10.3. The van der Waals surface area contributed by atoms with Crippen molar-refractivity contribution in [1.82, 2.24) is 29.7 Å². The number of benzene rings is 2. The maximum Gasteiger partial charge on any atom is 0.276 e. The number of fused-ring (bicyclic) bond motifs is 1. The smallest absolute Gasteiger partial charge is 0.276 e. The van der Waals surface area contributed by atoms with Gasteiger partial charge in [-0.2, -0.15) is 5.10 Å². The summed E-state index contributed by atoms with van der Waals surface area (Å²) in [6, 6.07) is 11.0. The van der Waals surface area contributed by atoms with Crippen molar-refractivity contribution in [3.05, 3.63) is 88.9 Å². The molecule has 1 amide bonds. The number of methoxy groups -OCH3 is 1. The number of carbonyl (C=O) groups excluding carboxylic acids is 1. The largest absolute Gasteiger partial charge is 0.481 e. The van der Waals surface area contributed by atoms with Crippen LogP contribution in [0.3, 0.4) is 0 Å². The molecular formula is C23H20F2N6O2. The van der Waals surface area contributed by atoms with Crippen molar-refractivity contribution >= 4 is 5.91 Å². The number of halogens is 2. The van der Waals surface area contributed by atoms with Crippen LogP contribution in [0.2, 0.25) is 0 Å². The molecule has 1 unspecified atom stereocenters. The number of nitrogens with zero attached hydrogens (tertiary/aromatic N) is 6. The van der Waals surface area contributed by atoms with E-state index >= 15 is 0 Å². The Morgan fingerprint density at radius 3 is 2.76 bits per heavy atom. The normalized spacial score (nSPS) is 15.4. The Morgan fingerprint density at radius 1 is 1.15 bits per heavy atom. The molecular weight excluding hydrogens is 430 g/mol. The average molecular weight is 450 g/mol. The summed E-state index contributed by atoms with van der Waals surface area (Å²) in [7, 11) is 3.39. The van der Waals surface area contributed by atoms with Crippen LogP contribution >= 0.6 is 0 Å². The van der Waals surface area contributed by atoms with E-state index in [4.69, 9.17) is 4.74 Å². The van der Waals surface area contributed by atoms with E-state index in [0.29, 0.717) is 19.0 Å². The molecule has 0 aliphatic carbocycles. The third-order valence-corrected chi connectivity index (χ3v) is 5.83. The Kier molecular flexibility index (Phi) is 5.12. The lowest BCUT2D eigenvalue weighted by Crippen LogP contribution is -2.38. The molecule has 4 aromatic rings. The van der Waals surface area contributed by atoms with Crippen LogP contribution in [0.4, 0.5) is 8.78 Å². The zero-order valence-electron chi connectivity index (χ0n) is 17.9. The van der Waals surface area contributed by atoms with E-state index in [-0.39, 0.29) is 23.2 Å². The number of aryl methyl sites for hydroxylation is 1. The summed E-state index contributed by atoms with van der Waals surface area (Å²) < 4.78 is 35.7. The zero-order valence-corrected chi connectivity index (χ0v) is 17.9. The SMILES string of the molecule is COc1c(C2CN(C(=O)c3cn(-c4ccc(F)cc4F)nn3)Cc3ccccc32)cnn1C. The monoisotopic (exact) mass is 450 g/mol. The van der Waals surface area contributed by atoms with Crippen LogP contribution in [0.5, 0.6) is 5.88 Å². The molecule has 0 N–H and O–H groups in total. The lowest BCUT2D eigenvalue weighted by molar-refractivity contribution is 0.0718. The fourth-order valence-corrected chi connectivity index (χ4v) is 4.27. The van der Waals surface area contributed by atoms with Gasteiger partial charge in [-0.3, -0.25) is 4.79 Å². The van der Waals surface area contributed by atoms with Gasteiger partial charge in [-0.25, -0.2) is 18.1 Å². The molecule has 5 rings (SSSR count). The van der Waals surface area contributed by atoms with Gasteiger partial charge in [-0.1, -0.05) is 29.5 Å². The second-order valence-corrected chi connectivity index (χ2v) is 7.81. The van der Waals surface area contributed by atoms with Crippen molar-refractivity contribution in [2.45, 2.75) is 12.5 Å². The number of aromatic nitrogens is 5. The topological polar surface area (TPSA) is 78.1 Å². The van der Waals surface area contributed by atoms with Gasteiger partial charge in [0.1, 0.15) is 11.5 Å². The maximum atomic E-state index is 14.1. The molecule has 1 atom stereocenters. The summed E-state index contributed by atoms with van der Waals surface area (Å²) in [4.78, 5) is 15.0. The van der Waals surface area contributed by atoms with Crippen molar-refractivity contribution in [1.29, 1.82) is 0 Å². The molecule has 33 heavy (non-hydrogen) atoms. The van der Waals surface area contributed by atoms with Gasteiger partial charge in [0, 0.05) is 37.7 Å². The van der Waals surface area contributed by atoms with Crippen molar-refractivity contribution in [3.63, 3.8) is 0 Å². The predicted molar refractivity (Wildman–Crippen MR) is 114 cm³/mol. The molecule has 3 heterocycles. The second kappa shape index (κ2) is 8.12. The molecule has 168 valence electrons. The molecule has 10 heteroatoms. The minimum atomic E-state index is -0.797. The number of rotatable bonds is 4. The zero-order chi connectivity index (χ0) is 23.1. The van der Waals surface area contributed by atoms with Gasteiger partial charge in [0.25, 0.3) is 5.91 Å². The molecule has 0 radical (unpaired) electrons. The van der Waals surface area contributed by atoms with E-state index in [0.717, 1.165) is 33.5 Å². The van der Waals surface area contributed by atoms with Gasteiger partial charge < -0.3 is 9.64 Å².